The SMILES string of the molecule is CN(c1ccccc1)c1nc(-c2ccc(NC(=O)CCc3ccccc3)cc2)cs1. The standard InChI is InChI=1S/C25H23N3OS/c1-28(22-10-6-3-7-11-22)25-27-23(18-30-25)20-13-15-21(16-14-20)26-24(29)17-12-19-8-4-2-5-9-19/h2-11,13-16,18H,12,17H2,1H3,(H,26,29). The first kappa shape index (κ1) is 19.9. The van der Waals surface area contributed by atoms with E-state index in [1.807, 2.05) is 79.8 Å². The third-order valence-corrected chi connectivity index (χ3v) is 5.79. The molecule has 0 aliphatic rings. The summed E-state index contributed by atoms with van der Waals surface area (Å²) in [5.41, 5.74) is 5.03. The van der Waals surface area contributed by atoms with E-state index < -0.39 is 0 Å². The van der Waals surface area contributed by atoms with E-state index in [0.29, 0.717) is 6.42 Å². The molecule has 150 valence electrons. The smallest absolute Gasteiger partial charge is 0.224 e. The fourth-order valence-electron chi connectivity index (χ4n) is 3.16. The van der Waals surface area contributed by atoms with Crippen LogP contribution in [0.2, 0.25) is 0 Å². The third-order valence-electron chi connectivity index (χ3n) is 4.87. The number of benzene rings is 3. The molecule has 3 aromatic carbocycles. The Bertz CT molecular complexity index is 1090. The second kappa shape index (κ2) is 9.37. The van der Waals surface area contributed by atoms with Crippen LogP contribution in [0.25, 0.3) is 11.3 Å². The predicted molar refractivity (Wildman–Crippen MR) is 125 cm³/mol. The zero-order chi connectivity index (χ0) is 20.8. The molecule has 0 aliphatic heterocycles. The highest BCUT2D eigenvalue weighted by molar-refractivity contribution is 7.14. The van der Waals surface area contributed by atoms with E-state index in [9.17, 15) is 4.79 Å². The van der Waals surface area contributed by atoms with Crippen molar-refractivity contribution in [3.05, 3.63) is 95.9 Å². The summed E-state index contributed by atoms with van der Waals surface area (Å²) >= 11 is 1.61. The number of nitrogens with zero attached hydrogens (tertiary/aromatic N) is 2. The van der Waals surface area contributed by atoms with Gasteiger partial charge in [-0.15, -0.1) is 11.3 Å². The lowest BCUT2D eigenvalue weighted by Gasteiger charge is -2.15. The van der Waals surface area contributed by atoms with E-state index in [1.54, 1.807) is 11.3 Å². The van der Waals surface area contributed by atoms with Crippen LogP contribution in [0.5, 0.6) is 0 Å². The molecule has 1 heterocycles. The molecule has 0 unspecified atom stereocenters. The molecule has 0 fully saturated rings. The number of hydrogen-bond donors (Lipinski definition) is 1. The number of rotatable bonds is 7. The van der Waals surface area contributed by atoms with Crippen LogP contribution >= 0.6 is 11.3 Å². The van der Waals surface area contributed by atoms with Crippen LogP contribution in [0, 0.1) is 0 Å². The van der Waals surface area contributed by atoms with Gasteiger partial charge in [-0.05, 0) is 36.2 Å². The third kappa shape index (κ3) is 4.93. The van der Waals surface area contributed by atoms with Crippen LogP contribution in [0.4, 0.5) is 16.5 Å². The highest BCUT2D eigenvalue weighted by Crippen LogP contribution is 2.31. The van der Waals surface area contributed by atoms with Crippen molar-refractivity contribution in [2.45, 2.75) is 12.8 Å². The molecule has 4 nitrogen and oxygen atoms in total. The molecule has 0 radical (unpaired) electrons. The minimum Gasteiger partial charge on any atom is -0.326 e. The van der Waals surface area contributed by atoms with Crippen molar-refractivity contribution in [1.82, 2.24) is 4.98 Å². The number of amides is 1. The van der Waals surface area contributed by atoms with Gasteiger partial charge in [0.15, 0.2) is 5.13 Å². The number of hydrogen-bond acceptors (Lipinski definition) is 4. The lowest BCUT2D eigenvalue weighted by molar-refractivity contribution is -0.116. The second-order valence-corrected chi connectivity index (χ2v) is 7.86. The minimum absolute atomic E-state index is 0.0204. The van der Waals surface area contributed by atoms with Crippen molar-refractivity contribution in [1.29, 1.82) is 0 Å². The van der Waals surface area contributed by atoms with Gasteiger partial charge in [0.1, 0.15) is 0 Å². The quantitative estimate of drug-likeness (QED) is 0.395. The second-order valence-electron chi connectivity index (χ2n) is 7.02. The topological polar surface area (TPSA) is 45.2 Å². The van der Waals surface area contributed by atoms with Gasteiger partial charge >= 0.3 is 0 Å². The Morgan fingerprint density at radius 3 is 2.30 bits per heavy atom. The molecule has 0 aliphatic carbocycles. The number of aryl methyl sites for hydroxylation is 1. The Hall–Kier alpha value is -3.44. The fraction of sp³-hybridized carbons (Fsp3) is 0.120. The summed E-state index contributed by atoms with van der Waals surface area (Å²) in [5, 5.41) is 5.97. The van der Waals surface area contributed by atoms with Crippen molar-refractivity contribution >= 4 is 33.8 Å². The summed E-state index contributed by atoms with van der Waals surface area (Å²) in [6.07, 6.45) is 1.20. The number of thiazole rings is 1. The zero-order valence-corrected chi connectivity index (χ0v) is 17.6. The van der Waals surface area contributed by atoms with Crippen LogP contribution in [0.3, 0.4) is 0 Å². The van der Waals surface area contributed by atoms with E-state index in [2.05, 4.69) is 27.7 Å². The molecule has 0 spiro atoms. The minimum atomic E-state index is 0.0204. The Morgan fingerprint density at radius 1 is 0.933 bits per heavy atom. The number of carbonyl (C=O) groups excluding carboxylic acids is 1. The summed E-state index contributed by atoms with van der Waals surface area (Å²) in [4.78, 5) is 19.1. The molecule has 1 amide bonds. The monoisotopic (exact) mass is 413 g/mol. The van der Waals surface area contributed by atoms with E-state index in [1.165, 1.54) is 5.56 Å². The Morgan fingerprint density at radius 2 is 1.60 bits per heavy atom. The van der Waals surface area contributed by atoms with Gasteiger partial charge < -0.3 is 10.2 Å². The summed E-state index contributed by atoms with van der Waals surface area (Å²) in [7, 11) is 2.02. The predicted octanol–water partition coefficient (Wildman–Crippen LogP) is 6.15. The largest absolute Gasteiger partial charge is 0.326 e. The first-order valence-corrected chi connectivity index (χ1v) is 10.8. The molecule has 5 heteroatoms. The maximum atomic E-state index is 12.2. The van der Waals surface area contributed by atoms with Gasteiger partial charge in [0.25, 0.3) is 0 Å². The van der Waals surface area contributed by atoms with Crippen molar-refractivity contribution in [3.8, 4) is 11.3 Å². The van der Waals surface area contributed by atoms with Crippen LogP contribution in [-0.2, 0) is 11.2 Å². The maximum Gasteiger partial charge on any atom is 0.224 e. The van der Waals surface area contributed by atoms with Gasteiger partial charge in [-0.1, -0.05) is 60.7 Å². The number of nitrogens with one attached hydrogen (secondary N) is 1. The van der Waals surface area contributed by atoms with E-state index in [4.69, 9.17) is 4.98 Å². The number of para-hydroxylation sites is 1. The summed E-state index contributed by atoms with van der Waals surface area (Å²) in [6, 6.07) is 28.1. The molecule has 0 saturated carbocycles. The first-order chi connectivity index (χ1) is 14.7. The molecule has 30 heavy (non-hydrogen) atoms. The summed E-state index contributed by atoms with van der Waals surface area (Å²) in [6.45, 7) is 0. The molecule has 4 aromatic rings. The molecule has 0 atom stereocenters. The molecular formula is C25H23N3OS. The lowest BCUT2D eigenvalue weighted by atomic mass is 10.1. The first-order valence-electron chi connectivity index (χ1n) is 9.87. The van der Waals surface area contributed by atoms with E-state index >= 15 is 0 Å². The molecule has 1 aromatic heterocycles. The highest BCUT2D eigenvalue weighted by Gasteiger charge is 2.10. The average molecular weight is 414 g/mol. The molecule has 4 rings (SSSR count). The Labute approximate surface area is 180 Å². The van der Waals surface area contributed by atoms with Gasteiger partial charge in [-0.2, -0.15) is 0 Å². The number of carbonyl (C=O) groups is 1. The normalized spacial score (nSPS) is 10.6. The maximum absolute atomic E-state index is 12.2. The van der Waals surface area contributed by atoms with Crippen molar-refractivity contribution < 1.29 is 4.79 Å². The van der Waals surface area contributed by atoms with Gasteiger partial charge in [0, 0.05) is 35.8 Å². The van der Waals surface area contributed by atoms with Crippen LogP contribution < -0.4 is 10.2 Å². The molecule has 0 saturated heterocycles. The number of aromatic nitrogens is 1. The van der Waals surface area contributed by atoms with Gasteiger partial charge in [0.2, 0.25) is 5.91 Å². The summed E-state index contributed by atoms with van der Waals surface area (Å²) in [5.74, 6) is 0.0204. The van der Waals surface area contributed by atoms with Crippen LogP contribution in [0.15, 0.2) is 90.3 Å². The van der Waals surface area contributed by atoms with E-state index in [0.717, 1.165) is 34.2 Å². The molecule has 1 N–H and O–H groups in total. The van der Waals surface area contributed by atoms with Crippen LogP contribution in [-0.4, -0.2) is 17.9 Å². The zero-order valence-electron chi connectivity index (χ0n) is 16.8. The summed E-state index contributed by atoms with van der Waals surface area (Å²) < 4.78 is 0. The van der Waals surface area contributed by atoms with Crippen molar-refractivity contribution in [3.63, 3.8) is 0 Å². The van der Waals surface area contributed by atoms with Crippen LogP contribution in [0.1, 0.15) is 12.0 Å². The van der Waals surface area contributed by atoms with Crippen molar-refractivity contribution in [2.24, 2.45) is 0 Å². The highest BCUT2D eigenvalue weighted by atomic mass is 32.1. The molecule has 0 bridgehead atoms. The Balaban J connectivity index is 1.37. The lowest BCUT2D eigenvalue weighted by Crippen LogP contribution is -2.12. The van der Waals surface area contributed by atoms with Crippen molar-refractivity contribution in [2.75, 3.05) is 17.3 Å². The number of anilines is 3. The molecular weight excluding hydrogens is 390 g/mol. The van der Waals surface area contributed by atoms with Gasteiger partial charge in [0.05, 0.1) is 5.69 Å². The fourth-order valence-corrected chi connectivity index (χ4v) is 3.98. The van der Waals surface area contributed by atoms with E-state index in [-0.39, 0.29) is 5.91 Å². The Kier molecular flexibility index (Phi) is 6.20. The van der Waals surface area contributed by atoms with Gasteiger partial charge in [-0.3, -0.25) is 4.79 Å². The average Bonchev–Trinajstić information content (AvgIpc) is 3.29. The van der Waals surface area contributed by atoms with Gasteiger partial charge in [-0.25, -0.2) is 4.98 Å².